The number of halogens is 3. The Labute approximate surface area is 242 Å². The van der Waals surface area contributed by atoms with Crippen molar-refractivity contribution in [1.29, 1.82) is 0 Å². The molecule has 0 aliphatic heterocycles. The van der Waals surface area contributed by atoms with Gasteiger partial charge >= 0.3 is 0 Å². The third kappa shape index (κ3) is 7.29. The fourth-order valence-corrected chi connectivity index (χ4v) is 4.45. The van der Waals surface area contributed by atoms with Crippen molar-refractivity contribution in [1.82, 2.24) is 9.97 Å². The van der Waals surface area contributed by atoms with Gasteiger partial charge in [-0.15, -0.1) is 12.4 Å². The van der Waals surface area contributed by atoms with E-state index >= 15 is 0 Å². The lowest BCUT2D eigenvalue weighted by Crippen LogP contribution is -2.16. The maximum atomic E-state index is 13.4. The highest BCUT2D eigenvalue weighted by molar-refractivity contribution is 6.34. The Morgan fingerprint density at radius 1 is 0.949 bits per heavy atom. The summed E-state index contributed by atoms with van der Waals surface area (Å²) in [7, 11) is 3.21. The third-order valence-corrected chi connectivity index (χ3v) is 6.76. The zero-order chi connectivity index (χ0) is 27.2. The van der Waals surface area contributed by atoms with Crippen molar-refractivity contribution in [2.75, 3.05) is 31.5 Å². The maximum Gasteiger partial charge on any atom is 0.258 e. The molecule has 2 amide bonds. The first-order valence-corrected chi connectivity index (χ1v) is 12.7. The molecule has 4 aromatic rings. The van der Waals surface area contributed by atoms with Crippen molar-refractivity contribution >= 4 is 69.8 Å². The zero-order valence-electron chi connectivity index (χ0n) is 21.7. The van der Waals surface area contributed by atoms with Crippen LogP contribution >= 0.6 is 35.6 Å². The Balaban J connectivity index is 0.00000420. The number of hydrogen-bond donors (Lipinski definition) is 3. The lowest BCUT2D eigenvalue weighted by atomic mass is 10.1. The number of aryl methyl sites for hydroxylation is 1. The fraction of sp³-hybridized carbons (Fsp3) is 0.250. The summed E-state index contributed by atoms with van der Waals surface area (Å²) in [5.74, 6) is -0.243. The molecule has 0 aliphatic carbocycles. The number of ether oxygens (including phenoxy) is 2. The minimum Gasteiger partial charge on any atom is -0.385 e. The van der Waals surface area contributed by atoms with Crippen molar-refractivity contribution < 1.29 is 19.1 Å². The highest BCUT2D eigenvalue weighted by atomic mass is 35.5. The Morgan fingerprint density at radius 3 is 2.46 bits per heavy atom. The summed E-state index contributed by atoms with van der Waals surface area (Å²) in [5, 5.41) is 6.65. The first kappa shape index (κ1) is 30.4. The molecule has 0 radical (unpaired) electrons. The molecule has 0 spiro atoms. The molecule has 8 nitrogen and oxygen atoms in total. The molecule has 39 heavy (non-hydrogen) atoms. The van der Waals surface area contributed by atoms with Gasteiger partial charge in [0.2, 0.25) is 0 Å². The van der Waals surface area contributed by atoms with Gasteiger partial charge in [0.25, 0.3) is 11.8 Å². The Bertz CT molecular complexity index is 1490. The van der Waals surface area contributed by atoms with E-state index in [1.54, 1.807) is 56.7 Å². The average Bonchev–Trinajstić information content (AvgIpc) is 3.30. The Kier molecular flexibility index (Phi) is 10.7. The third-order valence-electron chi connectivity index (χ3n) is 6.02. The van der Waals surface area contributed by atoms with Gasteiger partial charge in [-0.2, -0.15) is 0 Å². The lowest BCUT2D eigenvalue weighted by molar-refractivity contribution is 0.101. The van der Waals surface area contributed by atoms with Gasteiger partial charge in [0.1, 0.15) is 17.9 Å². The van der Waals surface area contributed by atoms with E-state index in [2.05, 4.69) is 20.6 Å². The van der Waals surface area contributed by atoms with Crippen molar-refractivity contribution in [2.45, 2.75) is 26.4 Å². The van der Waals surface area contributed by atoms with E-state index in [0.29, 0.717) is 50.4 Å². The number of amides is 2. The number of imidazole rings is 1. The average molecular weight is 592 g/mol. The predicted octanol–water partition coefficient (Wildman–Crippen LogP) is 6.83. The maximum absolute atomic E-state index is 13.4. The number of aromatic amines is 1. The van der Waals surface area contributed by atoms with Gasteiger partial charge in [-0.25, -0.2) is 4.98 Å². The van der Waals surface area contributed by atoms with E-state index in [-0.39, 0.29) is 24.6 Å². The molecule has 0 saturated heterocycles. The fourth-order valence-electron chi connectivity index (χ4n) is 4.07. The van der Waals surface area contributed by atoms with E-state index in [9.17, 15) is 9.59 Å². The van der Waals surface area contributed by atoms with Gasteiger partial charge in [0.15, 0.2) is 0 Å². The minimum absolute atomic E-state index is 0. The largest absolute Gasteiger partial charge is 0.385 e. The van der Waals surface area contributed by atoms with Crippen LogP contribution in [0.25, 0.3) is 11.0 Å². The van der Waals surface area contributed by atoms with Gasteiger partial charge in [-0.1, -0.05) is 35.3 Å². The molecular formula is C28H29Cl3N4O4. The van der Waals surface area contributed by atoms with Crippen LogP contribution in [0.1, 0.15) is 44.1 Å². The second-order valence-corrected chi connectivity index (χ2v) is 9.58. The van der Waals surface area contributed by atoms with E-state index in [4.69, 9.17) is 32.7 Å². The summed E-state index contributed by atoms with van der Waals surface area (Å²) >= 11 is 12.6. The quantitative estimate of drug-likeness (QED) is 0.175. The van der Waals surface area contributed by atoms with Crippen LogP contribution in [0.2, 0.25) is 10.0 Å². The number of methoxy groups -OCH3 is 2. The summed E-state index contributed by atoms with van der Waals surface area (Å²) in [4.78, 5) is 34.3. The van der Waals surface area contributed by atoms with E-state index in [0.717, 1.165) is 24.0 Å². The number of anilines is 2. The number of benzene rings is 3. The number of nitrogens with zero attached hydrogens (tertiary/aromatic N) is 1. The van der Waals surface area contributed by atoms with Crippen LogP contribution in [-0.4, -0.2) is 42.6 Å². The second kappa shape index (κ2) is 13.8. The summed E-state index contributed by atoms with van der Waals surface area (Å²) in [5.41, 5.74) is 4.33. The molecule has 206 valence electrons. The molecule has 3 aromatic carbocycles. The number of fused-ring (bicyclic) bond motifs is 1. The number of rotatable bonds is 10. The highest BCUT2D eigenvalue weighted by Crippen LogP contribution is 2.28. The SMILES string of the molecule is COCCCc1ccc(Cl)c(C(=O)Nc2cc(C(=O)Nc3cccc(Cl)c3C)c3nc(COC)[nH]c3c2)c1.Cl. The van der Waals surface area contributed by atoms with Crippen molar-refractivity contribution in [3.8, 4) is 0 Å². The normalized spacial score (nSPS) is 10.8. The number of carbonyl (C=O) groups excluding carboxylic acids is 2. The van der Waals surface area contributed by atoms with Gasteiger partial charge in [0.05, 0.1) is 21.7 Å². The highest BCUT2D eigenvalue weighted by Gasteiger charge is 2.19. The number of carbonyl (C=O) groups is 2. The number of aromatic nitrogens is 2. The summed E-state index contributed by atoms with van der Waals surface area (Å²) in [6.07, 6.45) is 1.57. The lowest BCUT2D eigenvalue weighted by Gasteiger charge is -2.12. The first-order chi connectivity index (χ1) is 18.3. The molecule has 0 saturated carbocycles. The molecular weight excluding hydrogens is 563 g/mol. The number of H-pyrrole nitrogens is 1. The molecule has 11 heteroatoms. The monoisotopic (exact) mass is 590 g/mol. The number of hydrogen-bond acceptors (Lipinski definition) is 5. The van der Waals surface area contributed by atoms with Crippen molar-refractivity contribution in [2.24, 2.45) is 0 Å². The molecule has 1 heterocycles. The molecule has 0 aliphatic rings. The molecule has 0 fully saturated rings. The molecule has 0 bridgehead atoms. The minimum atomic E-state index is -0.398. The Morgan fingerprint density at radius 2 is 1.72 bits per heavy atom. The van der Waals surface area contributed by atoms with E-state index in [1.807, 2.05) is 13.0 Å². The van der Waals surface area contributed by atoms with Gasteiger partial charge < -0.3 is 25.1 Å². The van der Waals surface area contributed by atoms with Gasteiger partial charge in [-0.3, -0.25) is 9.59 Å². The first-order valence-electron chi connectivity index (χ1n) is 12.0. The zero-order valence-corrected chi connectivity index (χ0v) is 24.0. The van der Waals surface area contributed by atoms with Crippen LogP contribution in [0.4, 0.5) is 11.4 Å². The summed E-state index contributed by atoms with van der Waals surface area (Å²) in [6.45, 7) is 2.68. The van der Waals surface area contributed by atoms with E-state index < -0.39 is 11.8 Å². The standard InChI is InChI=1S/C28H28Cl2N4O4.ClH/c1-16-21(29)7-4-8-23(16)33-28(36)20-13-18(14-24-26(20)34-25(32-24)15-38-3)31-27(35)19-12-17(6-5-11-37-2)9-10-22(19)30;/h4,7-10,12-14H,5-6,11,15H2,1-3H3,(H,31,35)(H,32,34)(H,33,36);1H. The van der Waals surface area contributed by atoms with Gasteiger partial charge in [0, 0.05) is 37.2 Å². The van der Waals surface area contributed by atoms with Crippen LogP contribution in [0, 0.1) is 6.92 Å². The number of nitrogens with one attached hydrogen (secondary N) is 3. The van der Waals surface area contributed by atoms with Crippen LogP contribution in [0.5, 0.6) is 0 Å². The van der Waals surface area contributed by atoms with Crippen LogP contribution in [0.3, 0.4) is 0 Å². The molecule has 3 N–H and O–H groups in total. The van der Waals surface area contributed by atoms with Crippen molar-refractivity contribution in [3.05, 3.63) is 86.7 Å². The molecule has 0 unspecified atom stereocenters. The van der Waals surface area contributed by atoms with Gasteiger partial charge in [-0.05, 0) is 67.3 Å². The smallest absolute Gasteiger partial charge is 0.258 e. The van der Waals surface area contributed by atoms with Crippen LogP contribution < -0.4 is 10.6 Å². The van der Waals surface area contributed by atoms with Crippen LogP contribution in [0.15, 0.2) is 48.5 Å². The summed E-state index contributed by atoms with van der Waals surface area (Å²) < 4.78 is 10.3. The molecule has 1 aromatic heterocycles. The van der Waals surface area contributed by atoms with E-state index in [1.165, 1.54) is 0 Å². The topological polar surface area (TPSA) is 105 Å². The predicted molar refractivity (Wildman–Crippen MR) is 158 cm³/mol. The molecule has 4 rings (SSSR count). The molecule has 0 atom stereocenters. The summed E-state index contributed by atoms with van der Waals surface area (Å²) in [6, 6.07) is 14.0. The van der Waals surface area contributed by atoms with Crippen molar-refractivity contribution in [3.63, 3.8) is 0 Å². The van der Waals surface area contributed by atoms with Crippen LogP contribution in [-0.2, 0) is 22.5 Å². The second-order valence-electron chi connectivity index (χ2n) is 8.77. The Hall–Kier alpha value is -3.14.